The summed E-state index contributed by atoms with van der Waals surface area (Å²) in [6.45, 7) is 0.720. The van der Waals surface area contributed by atoms with Crippen LogP contribution >= 0.6 is 0 Å². The van der Waals surface area contributed by atoms with Gasteiger partial charge in [0.25, 0.3) is 0 Å². The SMILES string of the molecule is COc1ccc(CC(=O)O)cc1-c1ccc(F)c2c1CN(C(=O)CCOc1ccc(F)cc1)CC2. The van der Waals surface area contributed by atoms with E-state index < -0.39 is 5.97 Å². The molecule has 0 aromatic heterocycles. The Morgan fingerprint density at radius 3 is 2.49 bits per heavy atom. The van der Waals surface area contributed by atoms with E-state index in [4.69, 9.17) is 9.47 Å². The third-order valence-corrected chi connectivity index (χ3v) is 6.02. The molecular formula is C27H25F2NO5. The summed E-state index contributed by atoms with van der Waals surface area (Å²) in [4.78, 5) is 25.8. The maximum Gasteiger partial charge on any atom is 0.307 e. The molecule has 1 aliphatic rings. The van der Waals surface area contributed by atoms with Crippen molar-refractivity contribution < 1.29 is 33.0 Å². The predicted molar refractivity (Wildman–Crippen MR) is 125 cm³/mol. The summed E-state index contributed by atoms with van der Waals surface area (Å²) in [5.41, 5.74) is 3.16. The number of carbonyl (C=O) groups is 2. The van der Waals surface area contributed by atoms with Crippen LogP contribution in [-0.4, -0.2) is 42.1 Å². The van der Waals surface area contributed by atoms with Gasteiger partial charge in [0.15, 0.2) is 0 Å². The van der Waals surface area contributed by atoms with E-state index in [-0.39, 0.29) is 43.5 Å². The van der Waals surface area contributed by atoms with Gasteiger partial charge in [0.2, 0.25) is 5.91 Å². The Morgan fingerprint density at radius 1 is 1.00 bits per heavy atom. The summed E-state index contributed by atoms with van der Waals surface area (Å²) in [5.74, 6) is -0.795. The third-order valence-electron chi connectivity index (χ3n) is 6.02. The van der Waals surface area contributed by atoms with Gasteiger partial charge in [-0.05, 0) is 71.1 Å². The minimum atomic E-state index is -0.957. The molecule has 3 aromatic carbocycles. The Morgan fingerprint density at radius 2 is 1.77 bits per heavy atom. The van der Waals surface area contributed by atoms with Crippen LogP contribution in [0.2, 0.25) is 0 Å². The number of hydrogen-bond donors (Lipinski definition) is 1. The standard InChI is InChI=1S/C27H25F2NO5/c1-34-25-9-2-17(15-27(32)33)14-22(25)20-7-8-24(29)21-10-12-30(16-23(20)21)26(31)11-13-35-19-5-3-18(28)4-6-19/h2-9,14H,10-13,15-16H2,1H3,(H,32,33). The number of hydrogen-bond acceptors (Lipinski definition) is 4. The molecule has 1 N–H and O–H groups in total. The van der Waals surface area contributed by atoms with Crippen molar-refractivity contribution in [3.05, 3.63) is 82.9 Å². The van der Waals surface area contributed by atoms with E-state index in [2.05, 4.69) is 0 Å². The molecule has 4 rings (SSSR count). The first-order valence-electron chi connectivity index (χ1n) is 11.2. The smallest absolute Gasteiger partial charge is 0.307 e. The Kier molecular flexibility index (Phi) is 7.29. The molecule has 1 amide bonds. The van der Waals surface area contributed by atoms with Gasteiger partial charge in [-0.3, -0.25) is 9.59 Å². The van der Waals surface area contributed by atoms with Gasteiger partial charge < -0.3 is 19.5 Å². The molecule has 8 heteroatoms. The number of rotatable bonds is 8. The van der Waals surface area contributed by atoms with Crippen LogP contribution in [0, 0.1) is 11.6 Å². The monoisotopic (exact) mass is 481 g/mol. The van der Waals surface area contributed by atoms with Gasteiger partial charge in [0, 0.05) is 18.7 Å². The summed E-state index contributed by atoms with van der Waals surface area (Å²) in [7, 11) is 1.52. The van der Waals surface area contributed by atoms with E-state index in [9.17, 15) is 23.5 Å². The maximum atomic E-state index is 14.7. The molecule has 0 saturated carbocycles. The van der Waals surface area contributed by atoms with Crippen LogP contribution in [0.5, 0.6) is 11.5 Å². The zero-order valence-electron chi connectivity index (χ0n) is 19.2. The van der Waals surface area contributed by atoms with Crippen molar-refractivity contribution in [2.45, 2.75) is 25.8 Å². The summed E-state index contributed by atoms with van der Waals surface area (Å²) >= 11 is 0. The van der Waals surface area contributed by atoms with Crippen LogP contribution in [0.25, 0.3) is 11.1 Å². The molecule has 6 nitrogen and oxygen atoms in total. The lowest BCUT2D eigenvalue weighted by atomic mass is 9.89. The molecule has 0 spiro atoms. The summed E-state index contributed by atoms with van der Waals surface area (Å²) in [6, 6.07) is 13.7. The number of halogens is 2. The first-order chi connectivity index (χ1) is 16.9. The van der Waals surface area contributed by atoms with Gasteiger partial charge in [0.1, 0.15) is 23.1 Å². The van der Waals surface area contributed by atoms with Crippen LogP contribution in [0.3, 0.4) is 0 Å². The van der Waals surface area contributed by atoms with Crippen molar-refractivity contribution in [1.82, 2.24) is 4.90 Å². The molecular weight excluding hydrogens is 456 g/mol. The highest BCUT2D eigenvalue weighted by Crippen LogP contribution is 2.38. The molecule has 35 heavy (non-hydrogen) atoms. The molecule has 0 atom stereocenters. The highest BCUT2D eigenvalue weighted by molar-refractivity contribution is 5.80. The fraction of sp³-hybridized carbons (Fsp3) is 0.259. The van der Waals surface area contributed by atoms with Gasteiger partial charge in [-0.2, -0.15) is 0 Å². The zero-order chi connectivity index (χ0) is 24.9. The summed E-state index contributed by atoms with van der Waals surface area (Å²) in [6.07, 6.45) is 0.324. The average Bonchev–Trinajstić information content (AvgIpc) is 2.85. The minimum absolute atomic E-state index is 0.120. The second-order valence-electron chi connectivity index (χ2n) is 8.27. The van der Waals surface area contributed by atoms with Gasteiger partial charge in [-0.15, -0.1) is 0 Å². The first kappa shape index (κ1) is 24.2. The second-order valence-corrected chi connectivity index (χ2v) is 8.27. The van der Waals surface area contributed by atoms with E-state index in [0.717, 1.165) is 0 Å². The summed E-state index contributed by atoms with van der Waals surface area (Å²) < 4.78 is 38.8. The lowest BCUT2D eigenvalue weighted by Gasteiger charge is -2.31. The van der Waals surface area contributed by atoms with Crippen LogP contribution < -0.4 is 9.47 Å². The largest absolute Gasteiger partial charge is 0.496 e. The quantitative estimate of drug-likeness (QED) is 0.508. The molecule has 0 fully saturated rings. The number of carbonyl (C=O) groups excluding carboxylic acids is 1. The molecule has 0 saturated heterocycles. The van der Waals surface area contributed by atoms with Crippen molar-refractivity contribution in [2.75, 3.05) is 20.3 Å². The van der Waals surface area contributed by atoms with E-state index in [1.807, 2.05) is 0 Å². The van der Waals surface area contributed by atoms with Crippen LogP contribution in [-0.2, 0) is 29.0 Å². The number of benzene rings is 3. The van der Waals surface area contributed by atoms with Crippen LogP contribution in [0.15, 0.2) is 54.6 Å². The number of methoxy groups -OCH3 is 1. The highest BCUT2D eigenvalue weighted by Gasteiger charge is 2.26. The van der Waals surface area contributed by atoms with Crippen molar-refractivity contribution in [3.63, 3.8) is 0 Å². The lowest BCUT2D eigenvalue weighted by Crippen LogP contribution is -2.37. The fourth-order valence-electron chi connectivity index (χ4n) is 4.29. The number of amides is 1. The molecule has 0 bridgehead atoms. The number of nitrogens with zero attached hydrogens (tertiary/aromatic N) is 1. The molecule has 3 aromatic rings. The molecule has 0 aliphatic carbocycles. The van der Waals surface area contributed by atoms with Crippen molar-refractivity contribution >= 4 is 11.9 Å². The third kappa shape index (κ3) is 5.59. The predicted octanol–water partition coefficient (Wildman–Crippen LogP) is 4.62. The maximum absolute atomic E-state index is 14.7. The van der Waals surface area contributed by atoms with E-state index in [1.165, 1.54) is 37.4 Å². The number of fused-ring (bicyclic) bond motifs is 1. The molecule has 1 heterocycles. The topological polar surface area (TPSA) is 76.1 Å². The molecule has 0 unspecified atom stereocenters. The van der Waals surface area contributed by atoms with Gasteiger partial charge >= 0.3 is 5.97 Å². The first-order valence-corrected chi connectivity index (χ1v) is 11.2. The fourth-order valence-corrected chi connectivity index (χ4v) is 4.29. The Balaban J connectivity index is 1.55. The zero-order valence-corrected chi connectivity index (χ0v) is 19.2. The summed E-state index contributed by atoms with van der Waals surface area (Å²) in [5, 5.41) is 9.18. The highest BCUT2D eigenvalue weighted by atomic mass is 19.1. The van der Waals surface area contributed by atoms with E-state index in [1.54, 1.807) is 29.2 Å². The molecule has 1 aliphatic heterocycles. The van der Waals surface area contributed by atoms with Gasteiger partial charge in [-0.25, -0.2) is 8.78 Å². The number of ether oxygens (including phenoxy) is 2. The molecule has 182 valence electrons. The Bertz CT molecular complexity index is 1240. The number of aliphatic carboxylic acids is 1. The van der Waals surface area contributed by atoms with Crippen LogP contribution in [0.4, 0.5) is 8.78 Å². The van der Waals surface area contributed by atoms with Crippen LogP contribution in [0.1, 0.15) is 23.1 Å². The van der Waals surface area contributed by atoms with Gasteiger partial charge in [0.05, 0.1) is 26.6 Å². The lowest BCUT2D eigenvalue weighted by molar-refractivity contribution is -0.136. The normalized spacial score (nSPS) is 12.7. The molecule has 0 radical (unpaired) electrons. The van der Waals surface area contributed by atoms with Crippen molar-refractivity contribution in [1.29, 1.82) is 0 Å². The Labute approximate surface area is 201 Å². The average molecular weight is 481 g/mol. The van der Waals surface area contributed by atoms with E-state index in [0.29, 0.717) is 52.3 Å². The Hall–Kier alpha value is -3.94. The van der Waals surface area contributed by atoms with Crippen molar-refractivity contribution in [3.8, 4) is 22.6 Å². The second kappa shape index (κ2) is 10.5. The number of carboxylic acid groups (broad SMARTS) is 1. The number of carboxylic acids is 1. The van der Waals surface area contributed by atoms with Crippen molar-refractivity contribution in [2.24, 2.45) is 0 Å². The van der Waals surface area contributed by atoms with E-state index >= 15 is 0 Å². The minimum Gasteiger partial charge on any atom is -0.496 e. The van der Waals surface area contributed by atoms with Gasteiger partial charge in [-0.1, -0.05) is 12.1 Å².